The van der Waals surface area contributed by atoms with Crippen LogP contribution in [0.5, 0.6) is 5.75 Å². The number of carbonyl (C=O) groups is 1. The maximum absolute atomic E-state index is 12.9. The normalized spacial score (nSPS) is 10.4. The van der Waals surface area contributed by atoms with Gasteiger partial charge in [-0.1, -0.05) is 12.1 Å². The number of nitrogens with zero attached hydrogens (tertiary/aromatic N) is 2. The van der Waals surface area contributed by atoms with Crippen molar-refractivity contribution in [3.05, 3.63) is 78.0 Å². The fourth-order valence-corrected chi connectivity index (χ4v) is 2.56. The highest BCUT2D eigenvalue weighted by molar-refractivity contribution is 6.03. The predicted octanol–water partition coefficient (Wildman–Crippen LogP) is 3.92. The van der Waals surface area contributed by atoms with E-state index in [0.29, 0.717) is 31.1 Å². The van der Waals surface area contributed by atoms with Crippen molar-refractivity contribution in [2.45, 2.75) is 13.3 Å². The van der Waals surface area contributed by atoms with E-state index in [9.17, 15) is 9.18 Å². The minimum absolute atomic E-state index is 0.254. The van der Waals surface area contributed by atoms with Gasteiger partial charge in [-0.2, -0.15) is 0 Å². The molecule has 1 heterocycles. The van der Waals surface area contributed by atoms with E-state index in [1.807, 2.05) is 6.92 Å². The SMILES string of the molecule is CCOc1ccc(NC(=O)c2cc(NCCc3ccc(F)cc3)ncn2)cc1. The van der Waals surface area contributed by atoms with Gasteiger partial charge < -0.3 is 15.4 Å². The molecule has 7 heteroatoms. The summed E-state index contributed by atoms with van der Waals surface area (Å²) >= 11 is 0. The second-order valence-electron chi connectivity index (χ2n) is 6.00. The first kappa shape index (κ1) is 19.3. The van der Waals surface area contributed by atoms with Crippen LogP contribution in [0.1, 0.15) is 23.0 Å². The quantitative estimate of drug-likeness (QED) is 0.619. The van der Waals surface area contributed by atoms with Gasteiger partial charge in [0, 0.05) is 18.3 Å². The molecule has 1 aromatic heterocycles. The lowest BCUT2D eigenvalue weighted by molar-refractivity contribution is 0.102. The highest BCUT2D eigenvalue weighted by Gasteiger charge is 2.09. The van der Waals surface area contributed by atoms with E-state index in [-0.39, 0.29) is 17.4 Å². The van der Waals surface area contributed by atoms with Gasteiger partial charge in [0.25, 0.3) is 5.91 Å². The average Bonchev–Trinajstić information content (AvgIpc) is 2.71. The van der Waals surface area contributed by atoms with E-state index >= 15 is 0 Å². The minimum atomic E-state index is -0.326. The number of nitrogens with one attached hydrogen (secondary N) is 2. The number of hydrogen-bond acceptors (Lipinski definition) is 5. The van der Waals surface area contributed by atoms with Crippen LogP contribution < -0.4 is 15.4 Å². The van der Waals surface area contributed by atoms with Crippen LogP contribution in [-0.2, 0) is 6.42 Å². The predicted molar refractivity (Wildman–Crippen MR) is 106 cm³/mol. The zero-order valence-corrected chi connectivity index (χ0v) is 15.5. The lowest BCUT2D eigenvalue weighted by Gasteiger charge is -2.09. The monoisotopic (exact) mass is 380 g/mol. The molecule has 0 radical (unpaired) electrons. The summed E-state index contributed by atoms with van der Waals surface area (Å²) < 4.78 is 18.3. The molecule has 2 N–H and O–H groups in total. The third kappa shape index (κ3) is 5.51. The van der Waals surface area contributed by atoms with Gasteiger partial charge in [0.05, 0.1) is 6.61 Å². The number of ether oxygens (including phenoxy) is 1. The Kier molecular flexibility index (Phi) is 6.51. The van der Waals surface area contributed by atoms with Gasteiger partial charge >= 0.3 is 0 Å². The van der Waals surface area contributed by atoms with Crippen LogP contribution in [0, 0.1) is 5.82 Å². The molecule has 144 valence electrons. The van der Waals surface area contributed by atoms with Crippen molar-refractivity contribution in [1.29, 1.82) is 0 Å². The lowest BCUT2D eigenvalue weighted by atomic mass is 10.1. The molecule has 0 saturated carbocycles. The zero-order valence-electron chi connectivity index (χ0n) is 15.5. The number of benzene rings is 2. The molecule has 3 rings (SSSR count). The molecule has 0 fully saturated rings. The number of carbonyl (C=O) groups excluding carboxylic acids is 1. The fourth-order valence-electron chi connectivity index (χ4n) is 2.56. The maximum Gasteiger partial charge on any atom is 0.274 e. The van der Waals surface area contributed by atoms with Crippen molar-refractivity contribution in [2.75, 3.05) is 23.8 Å². The van der Waals surface area contributed by atoms with Gasteiger partial charge in [-0.25, -0.2) is 14.4 Å². The fraction of sp³-hybridized carbons (Fsp3) is 0.190. The summed E-state index contributed by atoms with van der Waals surface area (Å²) in [5.74, 6) is 0.716. The Labute approximate surface area is 162 Å². The summed E-state index contributed by atoms with van der Waals surface area (Å²) in [5, 5.41) is 5.94. The minimum Gasteiger partial charge on any atom is -0.494 e. The Morgan fingerprint density at radius 2 is 1.82 bits per heavy atom. The summed E-state index contributed by atoms with van der Waals surface area (Å²) in [6.45, 7) is 3.10. The molecule has 1 amide bonds. The third-order valence-corrected chi connectivity index (χ3v) is 3.96. The Morgan fingerprint density at radius 3 is 2.54 bits per heavy atom. The molecule has 0 aliphatic rings. The van der Waals surface area contributed by atoms with Crippen LogP contribution in [0.4, 0.5) is 15.9 Å². The molecule has 3 aromatic rings. The van der Waals surface area contributed by atoms with E-state index in [4.69, 9.17) is 4.74 Å². The summed E-state index contributed by atoms with van der Waals surface area (Å²) in [5.41, 5.74) is 1.92. The molecule has 6 nitrogen and oxygen atoms in total. The van der Waals surface area contributed by atoms with Crippen LogP contribution in [0.15, 0.2) is 60.9 Å². The Balaban J connectivity index is 1.55. The number of anilines is 2. The van der Waals surface area contributed by atoms with Gasteiger partial charge in [-0.3, -0.25) is 4.79 Å². The van der Waals surface area contributed by atoms with E-state index in [1.54, 1.807) is 42.5 Å². The van der Waals surface area contributed by atoms with E-state index in [1.165, 1.54) is 18.5 Å². The first-order valence-corrected chi connectivity index (χ1v) is 8.98. The van der Waals surface area contributed by atoms with Gasteiger partial charge in [-0.15, -0.1) is 0 Å². The molecule has 0 aliphatic carbocycles. The van der Waals surface area contributed by atoms with E-state index in [2.05, 4.69) is 20.6 Å². The average molecular weight is 380 g/mol. The summed E-state index contributed by atoms with van der Waals surface area (Å²) in [4.78, 5) is 20.6. The number of rotatable bonds is 8. The van der Waals surface area contributed by atoms with Crippen molar-refractivity contribution in [2.24, 2.45) is 0 Å². The number of halogens is 1. The highest BCUT2D eigenvalue weighted by atomic mass is 19.1. The lowest BCUT2D eigenvalue weighted by Crippen LogP contribution is -2.15. The zero-order chi connectivity index (χ0) is 19.8. The second kappa shape index (κ2) is 9.45. The molecule has 2 aromatic carbocycles. The third-order valence-electron chi connectivity index (χ3n) is 3.96. The van der Waals surface area contributed by atoms with Gasteiger partial charge in [0.15, 0.2) is 0 Å². The number of aromatic nitrogens is 2. The topological polar surface area (TPSA) is 76.1 Å². The largest absolute Gasteiger partial charge is 0.494 e. The molecule has 28 heavy (non-hydrogen) atoms. The smallest absolute Gasteiger partial charge is 0.274 e. The molecule has 0 bridgehead atoms. The van der Waals surface area contributed by atoms with Crippen LogP contribution in [0.2, 0.25) is 0 Å². The Morgan fingerprint density at radius 1 is 1.07 bits per heavy atom. The molecule has 0 atom stereocenters. The van der Waals surface area contributed by atoms with Crippen LogP contribution in [-0.4, -0.2) is 29.0 Å². The number of hydrogen-bond donors (Lipinski definition) is 2. The Bertz CT molecular complexity index is 914. The van der Waals surface area contributed by atoms with Gasteiger partial charge in [-0.05, 0) is 55.3 Å². The van der Waals surface area contributed by atoms with Crippen LogP contribution in [0.3, 0.4) is 0 Å². The first-order chi connectivity index (χ1) is 13.6. The number of amides is 1. The molecular formula is C21H21FN4O2. The maximum atomic E-state index is 12.9. The van der Waals surface area contributed by atoms with Gasteiger partial charge in [0.2, 0.25) is 0 Å². The highest BCUT2D eigenvalue weighted by Crippen LogP contribution is 2.16. The van der Waals surface area contributed by atoms with Crippen molar-refractivity contribution in [1.82, 2.24) is 9.97 Å². The van der Waals surface area contributed by atoms with Crippen molar-refractivity contribution < 1.29 is 13.9 Å². The van der Waals surface area contributed by atoms with Crippen molar-refractivity contribution in [3.8, 4) is 5.75 Å². The summed E-state index contributed by atoms with van der Waals surface area (Å²) in [6, 6.07) is 15.1. The molecule has 0 spiro atoms. The second-order valence-corrected chi connectivity index (χ2v) is 6.00. The van der Waals surface area contributed by atoms with E-state index in [0.717, 1.165) is 11.3 Å². The summed E-state index contributed by atoms with van der Waals surface area (Å²) in [6.07, 6.45) is 2.05. The standard InChI is InChI=1S/C21H21FN4O2/c1-2-28-18-9-7-17(8-10-18)26-21(27)19-13-20(25-14-24-19)23-12-11-15-3-5-16(22)6-4-15/h3-10,13-14H,2,11-12H2,1H3,(H,26,27)(H,23,24,25). The van der Waals surface area contributed by atoms with Crippen molar-refractivity contribution in [3.63, 3.8) is 0 Å². The van der Waals surface area contributed by atoms with Crippen LogP contribution in [0.25, 0.3) is 0 Å². The Hall–Kier alpha value is -3.48. The molecule has 0 unspecified atom stereocenters. The molecule has 0 aliphatic heterocycles. The van der Waals surface area contributed by atoms with Crippen LogP contribution >= 0.6 is 0 Å². The van der Waals surface area contributed by atoms with Crippen molar-refractivity contribution >= 4 is 17.4 Å². The summed E-state index contributed by atoms with van der Waals surface area (Å²) in [7, 11) is 0. The van der Waals surface area contributed by atoms with Gasteiger partial charge in [0.1, 0.15) is 29.4 Å². The first-order valence-electron chi connectivity index (χ1n) is 8.98. The molecule has 0 saturated heterocycles. The van der Waals surface area contributed by atoms with E-state index < -0.39 is 0 Å². The molecular weight excluding hydrogens is 359 g/mol.